The number of ether oxygens (including phenoxy) is 1. The van der Waals surface area contributed by atoms with Crippen molar-refractivity contribution >= 4 is 44.0 Å². The van der Waals surface area contributed by atoms with E-state index in [0.717, 1.165) is 17.4 Å². The molecule has 8 nitrogen and oxygen atoms in total. The first-order valence-electron chi connectivity index (χ1n) is 9.12. The lowest BCUT2D eigenvalue weighted by molar-refractivity contribution is -0.212. The van der Waals surface area contributed by atoms with Gasteiger partial charge in [0.25, 0.3) is 10.0 Å². The van der Waals surface area contributed by atoms with E-state index >= 15 is 0 Å². The van der Waals surface area contributed by atoms with Gasteiger partial charge in [0.1, 0.15) is 0 Å². The summed E-state index contributed by atoms with van der Waals surface area (Å²) in [6.07, 6.45) is -0.0269. The van der Waals surface area contributed by atoms with Gasteiger partial charge in [0, 0.05) is 11.1 Å². The van der Waals surface area contributed by atoms with Crippen LogP contribution in [0, 0.1) is 11.6 Å². The summed E-state index contributed by atoms with van der Waals surface area (Å²) in [5.74, 6) is -3.50. The SMILES string of the molecule is CCOC(=O)Cc1csc(N=C([O-])c2ccc(NS(=O)(=O)c3ccc(F)c(F)c3)cc2)n1. The minimum absolute atomic E-state index is 0.0269. The molecular formula is C20H16F2N3O5S2-. The number of anilines is 1. The monoisotopic (exact) mass is 480 g/mol. The van der Waals surface area contributed by atoms with Crippen molar-refractivity contribution in [2.24, 2.45) is 4.99 Å². The molecule has 1 N–H and O–H groups in total. The number of aromatic nitrogens is 1. The normalized spacial score (nSPS) is 11.9. The lowest BCUT2D eigenvalue weighted by Crippen LogP contribution is -2.18. The number of halogens is 2. The summed E-state index contributed by atoms with van der Waals surface area (Å²) in [5, 5.41) is 14.1. The molecule has 0 radical (unpaired) electrons. The number of esters is 1. The second-order valence-corrected chi connectivity index (χ2v) is 8.80. The first-order valence-corrected chi connectivity index (χ1v) is 11.5. The highest BCUT2D eigenvalue weighted by atomic mass is 32.2. The Bertz CT molecular complexity index is 1260. The molecule has 0 saturated carbocycles. The molecule has 32 heavy (non-hydrogen) atoms. The number of nitrogens with one attached hydrogen (secondary N) is 1. The summed E-state index contributed by atoms with van der Waals surface area (Å²) in [7, 11) is -4.16. The quantitative estimate of drug-likeness (QED) is 0.301. The van der Waals surface area contributed by atoms with Gasteiger partial charge in [-0.05, 0) is 48.7 Å². The number of nitrogens with zero attached hydrogens (tertiary/aromatic N) is 2. The number of carbonyl (C=O) groups is 1. The largest absolute Gasteiger partial charge is 0.858 e. The lowest BCUT2D eigenvalue weighted by Gasteiger charge is -2.12. The highest BCUT2D eigenvalue weighted by molar-refractivity contribution is 7.92. The van der Waals surface area contributed by atoms with E-state index < -0.39 is 38.4 Å². The molecule has 0 aliphatic heterocycles. The van der Waals surface area contributed by atoms with Crippen LogP contribution in [0.4, 0.5) is 19.6 Å². The van der Waals surface area contributed by atoms with E-state index in [2.05, 4.69) is 14.7 Å². The molecular weight excluding hydrogens is 464 g/mol. The molecule has 0 aliphatic carbocycles. The van der Waals surface area contributed by atoms with Gasteiger partial charge < -0.3 is 9.84 Å². The van der Waals surface area contributed by atoms with E-state index in [4.69, 9.17) is 4.74 Å². The molecule has 12 heteroatoms. The van der Waals surface area contributed by atoms with Crippen LogP contribution in [0.2, 0.25) is 0 Å². The fourth-order valence-corrected chi connectivity index (χ4v) is 4.23. The van der Waals surface area contributed by atoms with Crippen molar-refractivity contribution in [3.05, 3.63) is 70.7 Å². The highest BCUT2D eigenvalue weighted by Gasteiger charge is 2.16. The number of rotatable bonds is 8. The fraction of sp³-hybridized carbons (Fsp3) is 0.150. The van der Waals surface area contributed by atoms with Gasteiger partial charge >= 0.3 is 5.97 Å². The van der Waals surface area contributed by atoms with Crippen LogP contribution in [0.15, 0.2) is 57.7 Å². The molecule has 0 amide bonds. The maximum absolute atomic E-state index is 13.3. The van der Waals surface area contributed by atoms with Crippen molar-refractivity contribution in [1.29, 1.82) is 0 Å². The standard InChI is InChI=1S/C20H17F2N3O5S2/c1-2-30-18(26)9-14-11-31-20(23-14)24-19(27)12-3-5-13(6-4-12)25-32(28,29)15-7-8-16(21)17(22)10-15/h3-8,10-11,25H,2,9H2,1H3,(H,23,24,27)/p-1. The van der Waals surface area contributed by atoms with Crippen LogP contribution in [0.5, 0.6) is 0 Å². The first kappa shape index (κ1) is 23.3. The Morgan fingerprint density at radius 2 is 1.91 bits per heavy atom. The minimum Gasteiger partial charge on any atom is -0.858 e. The summed E-state index contributed by atoms with van der Waals surface area (Å²) in [4.78, 5) is 19.0. The van der Waals surface area contributed by atoms with Crippen LogP contribution in [-0.4, -0.2) is 31.9 Å². The number of aliphatic imine (C=N–C) groups is 1. The van der Waals surface area contributed by atoms with Crippen molar-refractivity contribution in [3.63, 3.8) is 0 Å². The molecule has 0 fully saturated rings. The third-order valence-corrected chi connectivity index (χ3v) is 6.12. The van der Waals surface area contributed by atoms with Gasteiger partial charge in [0.2, 0.25) is 5.13 Å². The summed E-state index contributed by atoms with van der Waals surface area (Å²) < 4.78 is 58.0. The predicted molar refractivity (Wildman–Crippen MR) is 112 cm³/mol. The van der Waals surface area contributed by atoms with Crippen LogP contribution in [0.3, 0.4) is 0 Å². The van der Waals surface area contributed by atoms with Crippen molar-refractivity contribution in [1.82, 2.24) is 4.98 Å². The molecule has 168 valence electrons. The average molecular weight is 480 g/mol. The Labute approximate surface area is 186 Å². The Morgan fingerprint density at radius 1 is 1.19 bits per heavy atom. The predicted octanol–water partition coefficient (Wildman–Crippen LogP) is 2.77. The van der Waals surface area contributed by atoms with Gasteiger partial charge in [0.05, 0.1) is 23.6 Å². The van der Waals surface area contributed by atoms with E-state index in [9.17, 15) is 27.1 Å². The number of thiazole rings is 1. The summed E-state index contributed by atoms with van der Waals surface area (Å²) in [5.41, 5.74) is 0.710. The smallest absolute Gasteiger partial charge is 0.311 e. The fourth-order valence-electron chi connectivity index (χ4n) is 2.48. The number of hydrogen-bond acceptors (Lipinski definition) is 8. The van der Waals surface area contributed by atoms with Crippen LogP contribution < -0.4 is 9.83 Å². The minimum atomic E-state index is -4.16. The van der Waals surface area contributed by atoms with Gasteiger partial charge in [-0.15, -0.1) is 11.3 Å². The van der Waals surface area contributed by atoms with E-state index in [1.807, 2.05) is 0 Å². The number of carbonyl (C=O) groups excluding carboxylic acids is 1. The zero-order valence-corrected chi connectivity index (χ0v) is 18.2. The van der Waals surface area contributed by atoms with E-state index in [-0.39, 0.29) is 29.4 Å². The van der Waals surface area contributed by atoms with E-state index in [1.54, 1.807) is 12.3 Å². The first-order chi connectivity index (χ1) is 15.2. The molecule has 0 atom stereocenters. The van der Waals surface area contributed by atoms with Crippen molar-refractivity contribution in [2.45, 2.75) is 18.2 Å². The molecule has 0 spiro atoms. The molecule has 1 aromatic heterocycles. The third-order valence-electron chi connectivity index (χ3n) is 3.95. The zero-order chi connectivity index (χ0) is 23.3. The van der Waals surface area contributed by atoms with Crippen molar-refractivity contribution in [2.75, 3.05) is 11.3 Å². The number of benzene rings is 2. The molecule has 0 aliphatic rings. The summed E-state index contributed by atoms with van der Waals surface area (Å²) in [6, 6.07) is 7.57. The molecule has 3 rings (SSSR count). The summed E-state index contributed by atoms with van der Waals surface area (Å²) in [6.45, 7) is 1.95. The molecule has 0 saturated heterocycles. The van der Waals surface area contributed by atoms with Gasteiger partial charge in [0.15, 0.2) is 11.6 Å². The number of sulfonamides is 1. The Hall–Kier alpha value is -3.38. The lowest BCUT2D eigenvalue weighted by atomic mass is 10.2. The topological polar surface area (TPSA) is 121 Å². The van der Waals surface area contributed by atoms with Gasteiger partial charge in [-0.25, -0.2) is 27.2 Å². The maximum atomic E-state index is 13.3. The van der Waals surface area contributed by atoms with Crippen LogP contribution in [0.25, 0.3) is 0 Å². The molecule has 0 unspecified atom stereocenters. The Balaban J connectivity index is 1.70. The number of hydrogen-bond donors (Lipinski definition) is 1. The van der Waals surface area contributed by atoms with Crippen LogP contribution in [0.1, 0.15) is 18.2 Å². The average Bonchev–Trinajstić information content (AvgIpc) is 3.16. The maximum Gasteiger partial charge on any atom is 0.311 e. The molecule has 3 aromatic rings. The van der Waals surface area contributed by atoms with Gasteiger partial charge in [-0.2, -0.15) is 0 Å². The van der Waals surface area contributed by atoms with Gasteiger partial charge in [-0.1, -0.05) is 12.1 Å². The van der Waals surface area contributed by atoms with Gasteiger partial charge in [-0.3, -0.25) is 9.52 Å². The van der Waals surface area contributed by atoms with E-state index in [1.165, 1.54) is 24.3 Å². The second-order valence-electron chi connectivity index (χ2n) is 6.28. The zero-order valence-electron chi connectivity index (χ0n) is 16.5. The van der Waals surface area contributed by atoms with Crippen LogP contribution in [-0.2, 0) is 26.0 Å². The summed E-state index contributed by atoms with van der Waals surface area (Å²) >= 11 is 1.09. The Kier molecular flexibility index (Phi) is 7.15. The van der Waals surface area contributed by atoms with Crippen molar-refractivity contribution in [3.8, 4) is 0 Å². The highest BCUT2D eigenvalue weighted by Crippen LogP contribution is 2.22. The molecule has 2 aromatic carbocycles. The molecule has 1 heterocycles. The van der Waals surface area contributed by atoms with E-state index in [0.29, 0.717) is 17.8 Å². The van der Waals surface area contributed by atoms with Crippen LogP contribution >= 0.6 is 11.3 Å². The van der Waals surface area contributed by atoms with Crippen molar-refractivity contribution < 1.29 is 31.8 Å². The second kappa shape index (κ2) is 9.83. The molecule has 0 bridgehead atoms. The third kappa shape index (κ3) is 5.86. The Morgan fingerprint density at radius 3 is 2.56 bits per heavy atom.